The third-order valence-electron chi connectivity index (χ3n) is 6.31. The Morgan fingerprint density at radius 2 is 1.45 bits per heavy atom. The first kappa shape index (κ1) is 20.3. The smallest absolute Gasteiger partial charge is 0.122 e. The maximum absolute atomic E-state index is 9.72. The Morgan fingerprint density at radius 3 is 1.97 bits per heavy atom. The van der Waals surface area contributed by atoms with Gasteiger partial charge in [-0.2, -0.15) is 0 Å². The van der Waals surface area contributed by atoms with Crippen LogP contribution in [0.3, 0.4) is 0 Å². The van der Waals surface area contributed by atoms with E-state index in [4.69, 9.17) is 14.2 Å². The normalized spacial score (nSPS) is 26.0. The second-order valence-electron chi connectivity index (χ2n) is 7.86. The van der Waals surface area contributed by atoms with E-state index in [1.165, 1.54) is 0 Å². The highest BCUT2D eigenvalue weighted by atomic mass is 16.5. The SMILES string of the molecule is COc1cc([C@H]2OC[C@H]3[C@@H]2CO[C@@H]3c2cc(CO)c(CO)c(CO)c2)ccc1C. The lowest BCUT2D eigenvalue weighted by Gasteiger charge is -2.20. The summed E-state index contributed by atoms with van der Waals surface area (Å²) in [5.74, 6) is 1.26. The van der Waals surface area contributed by atoms with Crippen LogP contribution in [0.15, 0.2) is 30.3 Å². The molecule has 29 heavy (non-hydrogen) atoms. The van der Waals surface area contributed by atoms with Crippen LogP contribution in [0, 0.1) is 18.8 Å². The van der Waals surface area contributed by atoms with Crippen molar-refractivity contribution >= 4 is 0 Å². The molecule has 2 heterocycles. The minimum absolute atomic E-state index is 0.0501. The standard InChI is InChI=1S/C23H28O6/c1-13-3-4-14(7-21(13)27-2)22-19-11-29-23(20(19)12-28-22)15-5-16(8-24)18(10-26)17(6-15)9-25/h3-7,19-20,22-26H,8-12H2,1-2H3/t19-,20-,22+,23+/m0/s1. The van der Waals surface area contributed by atoms with Gasteiger partial charge in [0.2, 0.25) is 0 Å². The van der Waals surface area contributed by atoms with Crippen molar-refractivity contribution in [3.63, 3.8) is 0 Å². The van der Waals surface area contributed by atoms with Crippen LogP contribution in [-0.4, -0.2) is 35.6 Å². The molecular weight excluding hydrogens is 372 g/mol. The Bertz CT molecular complexity index is 855. The second-order valence-corrected chi connectivity index (χ2v) is 7.86. The van der Waals surface area contributed by atoms with Crippen molar-refractivity contribution in [1.82, 2.24) is 0 Å². The molecule has 3 N–H and O–H groups in total. The predicted molar refractivity (Wildman–Crippen MR) is 106 cm³/mol. The fourth-order valence-electron chi connectivity index (χ4n) is 4.72. The second kappa shape index (κ2) is 8.42. The third-order valence-corrected chi connectivity index (χ3v) is 6.31. The van der Waals surface area contributed by atoms with Gasteiger partial charge in [0.15, 0.2) is 0 Å². The summed E-state index contributed by atoms with van der Waals surface area (Å²) in [5.41, 5.74) is 4.92. The highest BCUT2D eigenvalue weighted by Gasteiger charge is 2.48. The zero-order valence-electron chi connectivity index (χ0n) is 16.8. The number of hydrogen-bond acceptors (Lipinski definition) is 6. The quantitative estimate of drug-likeness (QED) is 0.691. The molecule has 0 amide bonds. The van der Waals surface area contributed by atoms with Gasteiger partial charge in [0, 0.05) is 11.8 Å². The van der Waals surface area contributed by atoms with Gasteiger partial charge in [-0.1, -0.05) is 24.3 Å². The Balaban J connectivity index is 1.61. The van der Waals surface area contributed by atoms with Gasteiger partial charge in [0.05, 0.1) is 52.4 Å². The van der Waals surface area contributed by atoms with Gasteiger partial charge < -0.3 is 29.5 Å². The number of fused-ring (bicyclic) bond motifs is 1. The lowest BCUT2D eigenvalue weighted by molar-refractivity contribution is 0.0191. The molecule has 0 saturated carbocycles. The molecule has 4 rings (SSSR count). The highest BCUT2D eigenvalue weighted by molar-refractivity contribution is 5.41. The summed E-state index contributed by atoms with van der Waals surface area (Å²) in [6.45, 7) is 2.58. The van der Waals surface area contributed by atoms with E-state index in [-0.39, 0.29) is 43.9 Å². The van der Waals surface area contributed by atoms with E-state index in [0.29, 0.717) is 29.9 Å². The molecular formula is C23H28O6. The van der Waals surface area contributed by atoms with E-state index < -0.39 is 0 Å². The molecule has 6 nitrogen and oxygen atoms in total. The van der Waals surface area contributed by atoms with Gasteiger partial charge in [-0.05, 0) is 46.4 Å². The zero-order valence-corrected chi connectivity index (χ0v) is 16.8. The molecule has 0 bridgehead atoms. The number of aliphatic hydroxyl groups excluding tert-OH is 3. The molecule has 4 atom stereocenters. The van der Waals surface area contributed by atoms with Gasteiger partial charge in [-0.25, -0.2) is 0 Å². The van der Waals surface area contributed by atoms with Gasteiger partial charge in [0.25, 0.3) is 0 Å². The number of methoxy groups -OCH3 is 1. The van der Waals surface area contributed by atoms with Crippen molar-refractivity contribution in [2.75, 3.05) is 20.3 Å². The van der Waals surface area contributed by atoms with Gasteiger partial charge in [-0.15, -0.1) is 0 Å². The summed E-state index contributed by atoms with van der Waals surface area (Å²) in [6, 6.07) is 9.92. The van der Waals surface area contributed by atoms with Crippen molar-refractivity contribution in [3.05, 3.63) is 63.7 Å². The first-order valence-corrected chi connectivity index (χ1v) is 9.96. The van der Waals surface area contributed by atoms with Crippen molar-refractivity contribution < 1.29 is 29.5 Å². The zero-order chi connectivity index (χ0) is 20.5. The lowest BCUT2D eigenvalue weighted by Crippen LogP contribution is -2.15. The maximum atomic E-state index is 9.72. The van der Waals surface area contributed by atoms with Crippen LogP contribution >= 0.6 is 0 Å². The minimum Gasteiger partial charge on any atom is -0.496 e. The Hall–Kier alpha value is -1.96. The molecule has 2 aliphatic rings. The number of aryl methyl sites for hydroxylation is 1. The largest absolute Gasteiger partial charge is 0.496 e. The molecule has 0 radical (unpaired) electrons. The fraction of sp³-hybridized carbons (Fsp3) is 0.478. The third kappa shape index (κ3) is 3.56. The molecule has 2 aromatic rings. The van der Waals surface area contributed by atoms with Gasteiger partial charge >= 0.3 is 0 Å². The van der Waals surface area contributed by atoms with E-state index in [2.05, 4.69) is 6.07 Å². The molecule has 0 aliphatic carbocycles. The minimum atomic E-state index is -0.218. The van der Waals surface area contributed by atoms with E-state index in [1.807, 2.05) is 31.2 Å². The lowest BCUT2D eigenvalue weighted by atomic mass is 9.83. The molecule has 2 fully saturated rings. The van der Waals surface area contributed by atoms with Crippen molar-refractivity contribution in [2.24, 2.45) is 11.8 Å². The molecule has 156 valence electrons. The van der Waals surface area contributed by atoms with Crippen LogP contribution in [0.5, 0.6) is 5.75 Å². The van der Waals surface area contributed by atoms with Crippen LogP contribution in [0.25, 0.3) is 0 Å². The van der Waals surface area contributed by atoms with Crippen molar-refractivity contribution in [2.45, 2.75) is 39.0 Å². The van der Waals surface area contributed by atoms with Gasteiger partial charge in [0.1, 0.15) is 5.75 Å². The number of ether oxygens (including phenoxy) is 3. The van der Waals surface area contributed by atoms with Gasteiger partial charge in [-0.3, -0.25) is 0 Å². The summed E-state index contributed by atoms with van der Waals surface area (Å²) in [7, 11) is 1.67. The molecule has 2 aliphatic heterocycles. The molecule has 0 aromatic heterocycles. The number of aliphatic hydroxyl groups is 3. The first-order chi connectivity index (χ1) is 14.1. The maximum Gasteiger partial charge on any atom is 0.122 e. The fourth-order valence-corrected chi connectivity index (χ4v) is 4.72. The number of hydrogen-bond donors (Lipinski definition) is 3. The van der Waals surface area contributed by atoms with Crippen LogP contribution in [0.2, 0.25) is 0 Å². The average molecular weight is 400 g/mol. The molecule has 2 aromatic carbocycles. The Labute approximate surface area is 170 Å². The van der Waals surface area contributed by atoms with Crippen molar-refractivity contribution in [3.8, 4) is 5.75 Å². The predicted octanol–water partition coefficient (Wildman–Crippen LogP) is 2.56. The molecule has 2 saturated heterocycles. The van der Waals surface area contributed by atoms with Crippen LogP contribution in [-0.2, 0) is 29.3 Å². The topological polar surface area (TPSA) is 88.4 Å². The van der Waals surface area contributed by atoms with Crippen LogP contribution < -0.4 is 4.74 Å². The molecule has 6 heteroatoms. The first-order valence-electron chi connectivity index (χ1n) is 9.96. The summed E-state index contributed by atoms with van der Waals surface area (Å²) in [6.07, 6.45) is -0.216. The number of benzene rings is 2. The summed E-state index contributed by atoms with van der Waals surface area (Å²) >= 11 is 0. The summed E-state index contributed by atoms with van der Waals surface area (Å²) in [4.78, 5) is 0. The van der Waals surface area contributed by atoms with E-state index >= 15 is 0 Å². The summed E-state index contributed by atoms with van der Waals surface area (Å²) < 4.78 is 17.8. The Kier molecular flexibility index (Phi) is 5.90. The summed E-state index contributed by atoms with van der Waals surface area (Å²) in [5, 5.41) is 29.0. The van der Waals surface area contributed by atoms with E-state index in [1.54, 1.807) is 7.11 Å². The van der Waals surface area contributed by atoms with E-state index in [9.17, 15) is 15.3 Å². The number of rotatable bonds is 6. The molecule has 0 spiro atoms. The van der Waals surface area contributed by atoms with Crippen molar-refractivity contribution in [1.29, 1.82) is 0 Å². The van der Waals surface area contributed by atoms with Crippen LogP contribution in [0.1, 0.15) is 45.6 Å². The van der Waals surface area contributed by atoms with E-state index in [0.717, 1.165) is 22.4 Å². The average Bonchev–Trinajstić information content (AvgIpc) is 3.35. The van der Waals surface area contributed by atoms with Crippen LogP contribution in [0.4, 0.5) is 0 Å². The monoisotopic (exact) mass is 400 g/mol. The molecule has 0 unspecified atom stereocenters. The highest BCUT2D eigenvalue weighted by Crippen LogP contribution is 2.50. The Morgan fingerprint density at radius 1 is 0.862 bits per heavy atom.